The minimum Gasteiger partial charge on any atom is -0.462 e. The van der Waals surface area contributed by atoms with Crippen LogP contribution >= 0.6 is 15.6 Å². The molecule has 3 N–H and O–H groups in total. The molecule has 0 aromatic carbocycles. The Balaban J connectivity index is 5.24. The quantitative estimate of drug-likeness (QED) is 0.0222. The molecule has 0 aliphatic rings. The maximum atomic E-state index is 13.1. The van der Waals surface area contributed by atoms with Gasteiger partial charge in [-0.2, -0.15) is 0 Å². The van der Waals surface area contributed by atoms with Gasteiger partial charge in [0.1, 0.15) is 19.3 Å². The maximum absolute atomic E-state index is 13.1. The van der Waals surface area contributed by atoms with Crippen LogP contribution < -0.4 is 0 Å². The number of ether oxygens (including phenoxy) is 4. The molecule has 17 nitrogen and oxygen atoms in total. The van der Waals surface area contributed by atoms with E-state index in [2.05, 4.69) is 34.6 Å². The SMILES string of the molecule is CCCCCCCCCCCCCCCCCCC(=O)O[C@H](COC(=O)CCCCCCCCCCCCCCCCC)COP(=O)(O)OC[C@@H](O)COP(=O)(O)OC[C@@H](COC(=O)CCCCCCCCCCCC)OC(=O)CCCCCCCCCCC(C)C. The molecule has 0 saturated heterocycles. The molecule has 0 fully saturated rings. The fraction of sp³-hybridized carbons (Fsp3) is 0.945. The summed E-state index contributed by atoms with van der Waals surface area (Å²) in [5.41, 5.74) is 0. The number of unbranched alkanes of at least 4 members (excludes halogenated alkanes) is 45. The van der Waals surface area contributed by atoms with Crippen molar-refractivity contribution in [3.05, 3.63) is 0 Å². The summed E-state index contributed by atoms with van der Waals surface area (Å²) in [5.74, 6) is -1.40. The van der Waals surface area contributed by atoms with Crippen LogP contribution in [0.25, 0.3) is 0 Å². The number of hydrogen-bond donors (Lipinski definition) is 3. The molecule has 546 valence electrons. The van der Waals surface area contributed by atoms with Gasteiger partial charge in [0.15, 0.2) is 12.2 Å². The van der Waals surface area contributed by atoms with E-state index in [4.69, 9.17) is 37.0 Å². The standard InChI is InChI=1S/C73H142O17P2/c1-6-9-12-15-18-21-24-26-28-30-32-34-37-43-48-53-58-72(77)89-68(62-84-71(76)57-52-47-42-36-33-31-29-27-25-22-19-16-13-10-7-2)64-87-91(79,80)85-60-67(74)61-86-92(81,82)88-65-69(63-83-70(75)56-51-46-41-35-23-20-17-14-11-8-3)90-73(78)59-54-49-44-39-38-40-45-50-55-66(4)5/h66-69,74H,6-65H2,1-5H3,(H,79,80)(H,81,82)/t67-,68-,69-/m1/s1. The van der Waals surface area contributed by atoms with E-state index in [1.165, 1.54) is 205 Å². The Morgan fingerprint density at radius 1 is 0.293 bits per heavy atom. The van der Waals surface area contributed by atoms with E-state index in [1.54, 1.807) is 0 Å². The monoisotopic (exact) mass is 1350 g/mol. The highest BCUT2D eigenvalue weighted by Gasteiger charge is 2.30. The van der Waals surface area contributed by atoms with Gasteiger partial charge in [-0.25, -0.2) is 9.13 Å². The largest absolute Gasteiger partial charge is 0.472 e. The molecule has 0 heterocycles. The van der Waals surface area contributed by atoms with Crippen LogP contribution in [-0.2, 0) is 65.4 Å². The van der Waals surface area contributed by atoms with Gasteiger partial charge in [0, 0.05) is 25.7 Å². The van der Waals surface area contributed by atoms with E-state index in [1.807, 2.05) is 0 Å². The number of rotatable bonds is 73. The highest BCUT2D eigenvalue weighted by molar-refractivity contribution is 7.47. The van der Waals surface area contributed by atoms with Crippen molar-refractivity contribution >= 4 is 39.5 Å². The van der Waals surface area contributed by atoms with Crippen LogP contribution in [0.2, 0.25) is 0 Å². The van der Waals surface area contributed by atoms with Gasteiger partial charge in [-0.1, -0.05) is 330 Å². The first kappa shape index (κ1) is 90.1. The third-order valence-corrected chi connectivity index (χ3v) is 18.9. The van der Waals surface area contributed by atoms with Gasteiger partial charge >= 0.3 is 39.5 Å². The lowest BCUT2D eigenvalue weighted by molar-refractivity contribution is -0.161. The summed E-state index contributed by atoms with van der Waals surface area (Å²) in [5, 5.41) is 10.6. The van der Waals surface area contributed by atoms with E-state index in [0.717, 1.165) is 95.8 Å². The number of aliphatic hydroxyl groups excluding tert-OH is 1. The Kier molecular flexibility index (Phi) is 64.9. The van der Waals surface area contributed by atoms with Crippen LogP contribution in [0.1, 0.15) is 381 Å². The highest BCUT2D eigenvalue weighted by Crippen LogP contribution is 2.45. The number of phosphoric acid groups is 2. The highest BCUT2D eigenvalue weighted by atomic mass is 31.2. The van der Waals surface area contributed by atoms with Crippen molar-refractivity contribution in [2.45, 2.75) is 400 Å². The Labute approximate surface area is 562 Å². The van der Waals surface area contributed by atoms with Gasteiger partial charge in [-0.3, -0.25) is 37.3 Å². The molecule has 5 atom stereocenters. The third kappa shape index (κ3) is 66.7. The van der Waals surface area contributed by atoms with E-state index in [-0.39, 0.29) is 25.7 Å². The molecule has 0 aromatic rings. The summed E-state index contributed by atoms with van der Waals surface area (Å²) in [4.78, 5) is 72.7. The fourth-order valence-electron chi connectivity index (χ4n) is 11.2. The smallest absolute Gasteiger partial charge is 0.462 e. The molecule has 0 saturated carbocycles. The maximum Gasteiger partial charge on any atom is 0.472 e. The molecule has 0 rings (SSSR count). The second-order valence-electron chi connectivity index (χ2n) is 26.8. The van der Waals surface area contributed by atoms with Crippen LogP contribution in [0.4, 0.5) is 0 Å². The number of carbonyl (C=O) groups excluding carboxylic acids is 4. The first-order chi connectivity index (χ1) is 44.5. The lowest BCUT2D eigenvalue weighted by atomic mass is 10.0. The summed E-state index contributed by atoms with van der Waals surface area (Å²) in [6.45, 7) is 7.23. The minimum atomic E-state index is -4.95. The number of hydrogen-bond acceptors (Lipinski definition) is 15. The number of carbonyl (C=O) groups is 4. The van der Waals surface area contributed by atoms with E-state index in [0.29, 0.717) is 25.7 Å². The molecule has 0 radical (unpaired) electrons. The van der Waals surface area contributed by atoms with Gasteiger partial charge < -0.3 is 33.8 Å². The summed E-state index contributed by atoms with van der Waals surface area (Å²) in [6, 6.07) is 0. The molecular formula is C73H142O17P2. The average Bonchev–Trinajstić information content (AvgIpc) is 3.68. The minimum absolute atomic E-state index is 0.105. The normalized spacial score (nSPS) is 14.0. The molecule has 92 heavy (non-hydrogen) atoms. The predicted molar refractivity (Wildman–Crippen MR) is 372 cm³/mol. The van der Waals surface area contributed by atoms with Crippen LogP contribution in [-0.4, -0.2) is 96.7 Å². The first-order valence-corrected chi connectivity index (χ1v) is 41.1. The second-order valence-corrected chi connectivity index (χ2v) is 29.7. The zero-order chi connectivity index (χ0) is 67.7. The van der Waals surface area contributed by atoms with Crippen molar-refractivity contribution in [3.8, 4) is 0 Å². The molecule has 0 aliphatic carbocycles. The molecule has 0 bridgehead atoms. The van der Waals surface area contributed by atoms with Gasteiger partial charge in [0.05, 0.1) is 26.4 Å². The van der Waals surface area contributed by atoms with Crippen molar-refractivity contribution in [2.75, 3.05) is 39.6 Å². The van der Waals surface area contributed by atoms with Crippen LogP contribution in [0.15, 0.2) is 0 Å². The Morgan fingerprint density at radius 3 is 0.739 bits per heavy atom. The van der Waals surface area contributed by atoms with Crippen molar-refractivity contribution in [1.29, 1.82) is 0 Å². The Hall–Kier alpha value is -1.94. The lowest BCUT2D eigenvalue weighted by Gasteiger charge is -2.21. The Morgan fingerprint density at radius 2 is 0.500 bits per heavy atom. The van der Waals surface area contributed by atoms with Crippen LogP contribution in [0.5, 0.6) is 0 Å². The third-order valence-electron chi connectivity index (χ3n) is 17.0. The van der Waals surface area contributed by atoms with Crippen molar-refractivity contribution in [1.82, 2.24) is 0 Å². The van der Waals surface area contributed by atoms with E-state index < -0.39 is 97.5 Å². The van der Waals surface area contributed by atoms with Gasteiger partial charge in [-0.15, -0.1) is 0 Å². The molecule has 19 heteroatoms. The zero-order valence-electron chi connectivity index (χ0n) is 59.7. The first-order valence-electron chi connectivity index (χ1n) is 38.1. The van der Waals surface area contributed by atoms with E-state index in [9.17, 15) is 43.2 Å². The van der Waals surface area contributed by atoms with Gasteiger partial charge in [0.2, 0.25) is 0 Å². The molecule has 0 aromatic heterocycles. The lowest BCUT2D eigenvalue weighted by Crippen LogP contribution is -2.30. The molecule has 0 amide bonds. The summed E-state index contributed by atoms with van der Waals surface area (Å²) in [6.07, 6.45) is 54.0. The summed E-state index contributed by atoms with van der Waals surface area (Å²) in [7, 11) is -9.90. The molecule has 0 spiro atoms. The number of esters is 4. The summed E-state index contributed by atoms with van der Waals surface area (Å²) >= 11 is 0. The van der Waals surface area contributed by atoms with Crippen molar-refractivity contribution < 1.29 is 80.2 Å². The molecular weight excluding hydrogens is 1210 g/mol. The average molecular weight is 1350 g/mol. The number of aliphatic hydroxyl groups is 1. The predicted octanol–water partition coefficient (Wildman–Crippen LogP) is 21.3. The van der Waals surface area contributed by atoms with Crippen LogP contribution in [0, 0.1) is 5.92 Å². The second kappa shape index (κ2) is 66.3. The van der Waals surface area contributed by atoms with Gasteiger partial charge in [0.25, 0.3) is 0 Å². The number of phosphoric ester groups is 2. The topological polar surface area (TPSA) is 237 Å². The Bertz CT molecular complexity index is 1770. The van der Waals surface area contributed by atoms with E-state index >= 15 is 0 Å². The van der Waals surface area contributed by atoms with Crippen molar-refractivity contribution in [3.63, 3.8) is 0 Å². The van der Waals surface area contributed by atoms with Gasteiger partial charge in [-0.05, 0) is 31.6 Å². The fourth-order valence-corrected chi connectivity index (χ4v) is 12.8. The summed E-state index contributed by atoms with van der Waals surface area (Å²) < 4.78 is 68.4. The molecule has 2 unspecified atom stereocenters. The zero-order valence-corrected chi connectivity index (χ0v) is 61.5. The molecule has 0 aliphatic heterocycles. The van der Waals surface area contributed by atoms with Crippen LogP contribution in [0.3, 0.4) is 0 Å². The van der Waals surface area contributed by atoms with Crippen molar-refractivity contribution in [2.24, 2.45) is 5.92 Å².